The van der Waals surface area contributed by atoms with E-state index in [1.54, 1.807) is 21.1 Å². The van der Waals surface area contributed by atoms with E-state index < -0.39 is 6.10 Å². The number of carbonyl (C=O) groups excluding carboxylic acids is 1. The molecule has 1 heterocycles. The van der Waals surface area contributed by atoms with Crippen molar-refractivity contribution in [3.8, 4) is 17.2 Å². The number of morpholine rings is 1. The van der Waals surface area contributed by atoms with Crippen molar-refractivity contribution in [3.63, 3.8) is 0 Å². The van der Waals surface area contributed by atoms with Gasteiger partial charge in [0.2, 0.25) is 0 Å². The highest BCUT2D eigenvalue weighted by molar-refractivity contribution is 5.80. The molecule has 1 fully saturated rings. The first-order valence-electron chi connectivity index (χ1n) is 11.8. The third kappa shape index (κ3) is 6.64. The predicted octanol–water partition coefficient (Wildman–Crippen LogP) is 3.96. The van der Waals surface area contributed by atoms with Crippen LogP contribution in [0.4, 0.5) is 0 Å². The first-order valence-corrected chi connectivity index (χ1v) is 11.8. The predicted molar refractivity (Wildman–Crippen MR) is 133 cm³/mol. The number of carbonyl (C=O) groups is 1. The molecule has 0 saturated carbocycles. The number of hydrogen-bond acceptors (Lipinski definition) is 6. The monoisotopic (exact) mass is 470 g/mol. The van der Waals surface area contributed by atoms with Crippen molar-refractivity contribution in [1.82, 2.24) is 10.2 Å². The number of benzene rings is 2. The maximum absolute atomic E-state index is 12.9. The van der Waals surface area contributed by atoms with Crippen LogP contribution in [0.5, 0.6) is 17.2 Å². The minimum atomic E-state index is -0.615. The number of nitrogens with zero attached hydrogens (tertiary/aromatic N) is 1. The van der Waals surface area contributed by atoms with Gasteiger partial charge in [0, 0.05) is 19.6 Å². The molecule has 0 aliphatic carbocycles. The van der Waals surface area contributed by atoms with E-state index in [4.69, 9.17) is 18.9 Å². The Kier molecular flexibility index (Phi) is 8.80. The zero-order chi connectivity index (χ0) is 24.7. The number of rotatable bonds is 9. The molecule has 34 heavy (non-hydrogen) atoms. The van der Waals surface area contributed by atoms with Gasteiger partial charge in [-0.1, -0.05) is 39.0 Å². The quantitative estimate of drug-likeness (QED) is 0.598. The van der Waals surface area contributed by atoms with Gasteiger partial charge in [-0.25, -0.2) is 0 Å². The highest BCUT2D eigenvalue weighted by Crippen LogP contribution is 2.32. The van der Waals surface area contributed by atoms with Gasteiger partial charge in [-0.2, -0.15) is 0 Å². The molecule has 2 atom stereocenters. The van der Waals surface area contributed by atoms with Crippen LogP contribution in [0.3, 0.4) is 0 Å². The van der Waals surface area contributed by atoms with E-state index in [1.807, 2.05) is 42.5 Å². The van der Waals surface area contributed by atoms with Crippen LogP contribution in [-0.2, 0) is 14.9 Å². The fourth-order valence-electron chi connectivity index (χ4n) is 4.04. The zero-order valence-corrected chi connectivity index (χ0v) is 21.2. The van der Waals surface area contributed by atoms with Crippen LogP contribution in [-0.4, -0.2) is 64.0 Å². The van der Waals surface area contributed by atoms with Gasteiger partial charge in [0.1, 0.15) is 5.75 Å². The molecule has 1 aliphatic heterocycles. The summed E-state index contributed by atoms with van der Waals surface area (Å²) in [6, 6.07) is 13.8. The summed E-state index contributed by atoms with van der Waals surface area (Å²) >= 11 is 0. The molecule has 1 aliphatic rings. The molecule has 3 rings (SSSR count). The molecule has 0 spiro atoms. The van der Waals surface area contributed by atoms with Crippen LogP contribution >= 0.6 is 0 Å². The maximum Gasteiger partial charge on any atom is 0.260 e. The lowest BCUT2D eigenvalue weighted by atomic mass is 9.87. The van der Waals surface area contributed by atoms with Crippen LogP contribution in [0.25, 0.3) is 0 Å². The van der Waals surface area contributed by atoms with Gasteiger partial charge in [-0.15, -0.1) is 0 Å². The molecule has 7 heteroatoms. The van der Waals surface area contributed by atoms with Crippen molar-refractivity contribution in [3.05, 3.63) is 53.6 Å². The topological polar surface area (TPSA) is 69.3 Å². The minimum Gasteiger partial charge on any atom is -0.493 e. The molecular formula is C27H38N2O5. The summed E-state index contributed by atoms with van der Waals surface area (Å²) in [4.78, 5) is 15.2. The number of nitrogens with one attached hydrogen (secondary N) is 1. The summed E-state index contributed by atoms with van der Waals surface area (Å²) in [5, 5.41) is 3.08. The molecule has 0 aromatic heterocycles. The van der Waals surface area contributed by atoms with Crippen molar-refractivity contribution >= 4 is 5.91 Å². The average molecular weight is 471 g/mol. The van der Waals surface area contributed by atoms with Gasteiger partial charge in [0.05, 0.1) is 33.5 Å². The lowest BCUT2D eigenvalue weighted by Gasteiger charge is -2.35. The van der Waals surface area contributed by atoms with E-state index in [0.29, 0.717) is 37.0 Å². The van der Waals surface area contributed by atoms with Crippen LogP contribution in [0.15, 0.2) is 42.5 Å². The molecule has 0 bridgehead atoms. The zero-order valence-electron chi connectivity index (χ0n) is 21.2. The molecule has 0 radical (unpaired) electrons. The van der Waals surface area contributed by atoms with E-state index in [0.717, 1.165) is 18.7 Å². The first-order chi connectivity index (χ1) is 16.2. The Morgan fingerprint density at radius 2 is 1.68 bits per heavy atom. The van der Waals surface area contributed by atoms with Gasteiger partial charge in [0.15, 0.2) is 17.6 Å². The Bertz CT molecular complexity index is 933. The molecule has 1 saturated heterocycles. The SMILES string of the molecule is COc1ccc([C@@H](CNC(=O)[C@@H](C)Oc2ccc(C(C)(C)C)cc2)N2CCOCC2)cc1OC. The maximum atomic E-state index is 12.9. The van der Waals surface area contributed by atoms with E-state index >= 15 is 0 Å². The second-order valence-corrected chi connectivity index (χ2v) is 9.56. The number of hydrogen-bond donors (Lipinski definition) is 1. The lowest BCUT2D eigenvalue weighted by molar-refractivity contribution is -0.127. The number of ether oxygens (including phenoxy) is 4. The van der Waals surface area contributed by atoms with E-state index in [-0.39, 0.29) is 17.4 Å². The number of methoxy groups -OCH3 is 2. The van der Waals surface area contributed by atoms with Crippen LogP contribution < -0.4 is 19.5 Å². The van der Waals surface area contributed by atoms with Gasteiger partial charge in [-0.05, 0) is 47.7 Å². The van der Waals surface area contributed by atoms with Crippen LogP contribution in [0.2, 0.25) is 0 Å². The third-order valence-corrected chi connectivity index (χ3v) is 6.15. The normalized spacial score (nSPS) is 16.4. The van der Waals surface area contributed by atoms with E-state index in [1.165, 1.54) is 5.56 Å². The smallest absolute Gasteiger partial charge is 0.260 e. The van der Waals surface area contributed by atoms with Gasteiger partial charge >= 0.3 is 0 Å². The molecule has 186 valence electrons. The Morgan fingerprint density at radius 1 is 1.03 bits per heavy atom. The lowest BCUT2D eigenvalue weighted by Crippen LogP contribution is -2.45. The van der Waals surface area contributed by atoms with E-state index in [2.05, 4.69) is 31.0 Å². The van der Waals surface area contributed by atoms with E-state index in [9.17, 15) is 4.79 Å². The third-order valence-electron chi connectivity index (χ3n) is 6.15. The van der Waals surface area contributed by atoms with Crippen LogP contribution in [0, 0.1) is 0 Å². The Balaban J connectivity index is 1.67. The fourth-order valence-corrected chi connectivity index (χ4v) is 4.04. The molecule has 7 nitrogen and oxygen atoms in total. The van der Waals surface area contributed by atoms with Crippen molar-refractivity contribution in [2.45, 2.75) is 45.3 Å². The molecule has 1 amide bonds. The minimum absolute atomic E-state index is 0.0223. The summed E-state index contributed by atoms with van der Waals surface area (Å²) in [6.45, 7) is 11.6. The average Bonchev–Trinajstić information content (AvgIpc) is 2.84. The second kappa shape index (κ2) is 11.6. The Labute approximate surface area is 203 Å². The summed E-state index contributed by atoms with van der Waals surface area (Å²) in [5.41, 5.74) is 2.34. The number of amides is 1. The van der Waals surface area contributed by atoms with Gasteiger partial charge in [-0.3, -0.25) is 9.69 Å². The van der Waals surface area contributed by atoms with Gasteiger partial charge in [0.25, 0.3) is 5.91 Å². The highest BCUT2D eigenvalue weighted by atomic mass is 16.5. The molecule has 0 unspecified atom stereocenters. The molecule has 2 aromatic rings. The standard InChI is InChI=1S/C27H38N2O5/c1-19(34-22-10-8-21(9-11-22)27(2,3)4)26(30)28-18-23(29-13-15-33-16-14-29)20-7-12-24(31-5)25(17-20)32-6/h7-12,17,19,23H,13-16,18H2,1-6H3,(H,28,30)/t19-,23-/m1/s1. The molecule has 1 N–H and O–H groups in total. The fraction of sp³-hybridized carbons (Fsp3) is 0.519. The van der Waals surface area contributed by atoms with Crippen molar-refractivity contribution in [2.24, 2.45) is 0 Å². The largest absolute Gasteiger partial charge is 0.493 e. The van der Waals surface area contributed by atoms with Crippen molar-refractivity contribution < 1.29 is 23.7 Å². The Hall–Kier alpha value is -2.77. The summed E-state index contributed by atoms with van der Waals surface area (Å²) < 4.78 is 22.3. The molecule has 2 aromatic carbocycles. The molecular weight excluding hydrogens is 432 g/mol. The van der Waals surface area contributed by atoms with Crippen molar-refractivity contribution in [1.29, 1.82) is 0 Å². The highest BCUT2D eigenvalue weighted by Gasteiger charge is 2.26. The summed E-state index contributed by atoms with van der Waals surface area (Å²) in [5.74, 6) is 1.87. The first kappa shape index (κ1) is 25.8. The van der Waals surface area contributed by atoms with Crippen molar-refractivity contribution in [2.75, 3.05) is 47.1 Å². The Morgan fingerprint density at radius 3 is 2.26 bits per heavy atom. The second-order valence-electron chi connectivity index (χ2n) is 9.56. The van der Waals surface area contributed by atoms with Gasteiger partial charge < -0.3 is 24.3 Å². The summed E-state index contributed by atoms with van der Waals surface area (Å²) in [6.07, 6.45) is -0.615. The summed E-state index contributed by atoms with van der Waals surface area (Å²) in [7, 11) is 3.25. The van der Waals surface area contributed by atoms with Crippen LogP contribution in [0.1, 0.15) is 44.9 Å².